The number of aliphatic carboxylic acids is 1. The molecule has 1 aliphatic heterocycles. The lowest BCUT2D eigenvalue weighted by Gasteiger charge is -2.19. The minimum Gasteiger partial charge on any atom is -0.481 e. The zero-order valence-electron chi connectivity index (χ0n) is 11.8. The van der Waals surface area contributed by atoms with Crippen LogP contribution in [0, 0.1) is 24.7 Å². The molecule has 1 aromatic rings. The molecule has 4 heteroatoms. The average molecular weight is 262 g/mol. The smallest absolute Gasteiger partial charge is 0.308 e. The summed E-state index contributed by atoms with van der Waals surface area (Å²) in [5, 5.41) is 9.33. The monoisotopic (exact) mass is 262 g/mol. The summed E-state index contributed by atoms with van der Waals surface area (Å²) in [4.78, 5) is 18.0. The molecule has 1 N–H and O–H groups in total. The van der Waals surface area contributed by atoms with Crippen molar-refractivity contribution in [2.24, 2.45) is 17.8 Å². The van der Waals surface area contributed by atoms with Gasteiger partial charge in [-0.15, -0.1) is 0 Å². The largest absolute Gasteiger partial charge is 0.481 e. The Bertz CT molecular complexity index is 459. The number of hydrogen-bond donors (Lipinski definition) is 1. The van der Waals surface area contributed by atoms with Crippen molar-refractivity contribution in [2.45, 2.75) is 27.3 Å². The number of hydrogen-bond acceptors (Lipinski definition) is 3. The van der Waals surface area contributed by atoms with Crippen molar-refractivity contribution >= 4 is 5.97 Å². The lowest BCUT2D eigenvalue weighted by molar-refractivity contribution is -0.143. The minimum absolute atomic E-state index is 0.238. The Morgan fingerprint density at radius 1 is 1.53 bits per heavy atom. The summed E-state index contributed by atoms with van der Waals surface area (Å²) in [6.07, 6.45) is 1.80. The van der Waals surface area contributed by atoms with Crippen LogP contribution in [-0.2, 0) is 11.3 Å². The Labute approximate surface area is 114 Å². The average Bonchev–Trinajstić information content (AvgIpc) is 2.76. The molecular weight excluding hydrogens is 240 g/mol. The summed E-state index contributed by atoms with van der Waals surface area (Å²) < 4.78 is 0. The van der Waals surface area contributed by atoms with Crippen molar-refractivity contribution in [3.8, 4) is 0 Å². The van der Waals surface area contributed by atoms with Gasteiger partial charge in [-0.25, -0.2) is 0 Å². The highest BCUT2D eigenvalue weighted by atomic mass is 16.4. The molecule has 2 rings (SSSR count). The molecule has 0 bridgehead atoms. The maximum absolute atomic E-state index is 11.3. The number of rotatable bonds is 4. The summed E-state index contributed by atoms with van der Waals surface area (Å²) >= 11 is 0. The van der Waals surface area contributed by atoms with Crippen LogP contribution in [0.15, 0.2) is 18.3 Å². The van der Waals surface area contributed by atoms with E-state index in [2.05, 4.69) is 23.7 Å². The highest BCUT2D eigenvalue weighted by Gasteiger charge is 2.39. The van der Waals surface area contributed by atoms with Crippen LogP contribution < -0.4 is 0 Å². The van der Waals surface area contributed by atoms with E-state index in [0.29, 0.717) is 12.5 Å². The lowest BCUT2D eigenvalue weighted by Crippen LogP contribution is -2.25. The minimum atomic E-state index is -0.668. The maximum atomic E-state index is 11.3. The predicted molar refractivity (Wildman–Crippen MR) is 73.7 cm³/mol. The summed E-state index contributed by atoms with van der Waals surface area (Å²) in [6, 6.07) is 3.98. The molecular formula is C15H22N2O2. The molecule has 2 atom stereocenters. The molecule has 104 valence electrons. The first-order chi connectivity index (χ1) is 8.99. The topological polar surface area (TPSA) is 53.4 Å². The first-order valence-corrected chi connectivity index (χ1v) is 6.84. The van der Waals surface area contributed by atoms with Crippen LogP contribution in [0.1, 0.15) is 25.1 Å². The third kappa shape index (κ3) is 3.13. The molecule has 2 heterocycles. The molecule has 1 aliphatic rings. The van der Waals surface area contributed by atoms with Gasteiger partial charge in [-0.3, -0.25) is 14.7 Å². The zero-order valence-corrected chi connectivity index (χ0v) is 11.8. The van der Waals surface area contributed by atoms with E-state index in [1.165, 1.54) is 5.56 Å². The van der Waals surface area contributed by atoms with E-state index in [0.717, 1.165) is 18.8 Å². The molecule has 19 heavy (non-hydrogen) atoms. The van der Waals surface area contributed by atoms with Crippen LogP contribution in [-0.4, -0.2) is 34.0 Å². The molecule has 0 saturated carbocycles. The van der Waals surface area contributed by atoms with Gasteiger partial charge in [0.1, 0.15) is 0 Å². The van der Waals surface area contributed by atoms with Crippen molar-refractivity contribution in [3.63, 3.8) is 0 Å². The third-order valence-corrected chi connectivity index (χ3v) is 4.11. The van der Waals surface area contributed by atoms with E-state index < -0.39 is 5.97 Å². The number of carboxylic acids is 1. The van der Waals surface area contributed by atoms with Gasteiger partial charge in [-0.2, -0.15) is 0 Å². The van der Waals surface area contributed by atoms with Gasteiger partial charge in [0.15, 0.2) is 0 Å². The van der Waals surface area contributed by atoms with Crippen LogP contribution in [0.3, 0.4) is 0 Å². The zero-order chi connectivity index (χ0) is 14.0. The van der Waals surface area contributed by atoms with Crippen LogP contribution in [0.25, 0.3) is 0 Å². The summed E-state index contributed by atoms with van der Waals surface area (Å²) in [6.45, 7) is 8.50. The highest BCUT2D eigenvalue weighted by molar-refractivity contribution is 5.71. The highest BCUT2D eigenvalue weighted by Crippen LogP contribution is 2.30. The van der Waals surface area contributed by atoms with Crippen molar-refractivity contribution in [1.82, 2.24) is 9.88 Å². The van der Waals surface area contributed by atoms with E-state index in [-0.39, 0.29) is 11.8 Å². The Kier molecular flexibility index (Phi) is 4.20. The van der Waals surface area contributed by atoms with E-state index >= 15 is 0 Å². The SMILES string of the molecule is Cc1cccnc1CN1C[C@@H](C(=O)O)[C@H](C(C)C)C1. The van der Waals surface area contributed by atoms with Gasteiger partial charge < -0.3 is 5.11 Å². The molecule has 1 aromatic heterocycles. The standard InChI is InChI=1S/C15H22N2O2/c1-10(2)12-7-17(8-13(12)15(18)19)9-14-11(3)5-4-6-16-14/h4-6,10,12-13H,7-9H2,1-3H3,(H,18,19)/t12-,13+/m0/s1. The van der Waals surface area contributed by atoms with Gasteiger partial charge in [0.2, 0.25) is 0 Å². The van der Waals surface area contributed by atoms with Crippen LogP contribution in [0.2, 0.25) is 0 Å². The molecule has 0 radical (unpaired) electrons. The van der Waals surface area contributed by atoms with Gasteiger partial charge >= 0.3 is 5.97 Å². The van der Waals surface area contributed by atoms with Crippen molar-refractivity contribution < 1.29 is 9.90 Å². The number of carbonyl (C=O) groups is 1. The summed E-state index contributed by atoms with van der Waals surface area (Å²) in [5.41, 5.74) is 2.22. The molecule has 0 aromatic carbocycles. The van der Waals surface area contributed by atoms with Crippen LogP contribution >= 0.6 is 0 Å². The first kappa shape index (κ1) is 14.0. The maximum Gasteiger partial charge on any atom is 0.308 e. The van der Waals surface area contributed by atoms with Gasteiger partial charge in [-0.1, -0.05) is 19.9 Å². The molecule has 0 unspecified atom stereocenters. The van der Waals surface area contributed by atoms with Crippen molar-refractivity contribution in [1.29, 1.82) is 0 Å². The van der Waals surface area contributed by atoms with E-state index in [9.17, 15) is 9.90 Å². The Balaban J connectivity index is 2.08. The number of carboxylic acid groups (broad SMARTS) is 1. The Morgan fingerprint density at radius 2 is 2.26 bits per heavy atom. The van der Waals surface area contributed by atoms with Gasteiger partial charge in [0.25, 0.3) is 0 Å². The van der Waals surface area contributed by atoms with Gasteiger partial charge in [0.05, 0.1) is 11.6 Å². The Hall–Kier alpha value is -1.42. The normalized spacial score (nSPS) is 24.0. The van der Waals surface area contributed by atoms with E-state index in [1.807, 2.05) is 19.1 Å². The van der Waals surface area contributed by atoms with Crippen molar-refractivity contribution in [3.05, 3.63) is 29.6 Å². The second-order valence-corrected chi connectivity index (χ2v) is 5.81. The number of aromatic nitrogens is 1. The molecule has 1 fully saturated rings. The molecule has 0 aliphatic carbocycles. The fourth-order valence-electron chi connectivity index (χ4n) is 2.87. The third-order valence-electron chi connectivity index (χ3n) is 4.11. The second kappa shape index (κ2) is 5.70. The van der Waals surface area contributed by atoms with Crippen molar-refractivity contribution in [2.75, 3.05) is 13.1 Å². The molecule has 0 spiro atoms. The predicted octanol–water partition coefficient (Wildman–Crippen LogP) is 2.18. The van der Waals surface area contributed by atoms with Crippen LogP contribution in [0.4, 0.5) is 0 Å². The second-order valence-electron chi connectivity index (χ2n) is 5.81. The number of aryl methyl sites for hydroxylation is 1. The van der Waals surface area contributed by atoms with Gasteiger partial charge in [0, 0.05) is 25.8 Å². The fraction of sp³-hybridized carbons (Fsp3) is 0.600. The van der Waals surface area contributed by atoms with E-state index in [4.69, 9.17) is 0 Å². The Morgan fingerprint density at radius 3 is 2.79 bits per heavy atom. The number of likely N-dealkylation sites (tertiary alicyclic amines) is 1. The summed E-state index contributed by atoms with van der Waals surface area (Å²) in [5.74, 6) is -0.277. The quantitative estimate of drug-likeness (QED) is 0.903. The van der Waals surface area contributed by atoms with Gasteiger partial charge in [-0.05, 0) is 30.4 Å². The molecule has 1 saturated heterocycles. The lowest BCUT2D eigenvalue weighted by atomic mass is 9.86. The number of nitrogens with zero attached hydrogens (tertiary/aromatic N) is 2. The number of pyridine rings is 1. The molecule has 0 amide bonds. The fourth-order valence-corrected chi connectivity index (χ4v) is 2.87. The van der Waals surface area contributed by atoms with E-state index in [1.54, 1.807) is 6.20 Å². The van der Waals surface area contributed by atoms with Crippen LogP contribution in [0.5, 0.6) is 0 Å². The first-order valence-electron chi connectivity index (χ1n) is 6.84. The summed E-state index contributed by atoms with van der Waals surface area (Å²) in [7, 11) is 0. The molecule has 4 nitrogen and oxygen atoms in total.